The molecule has 0 N–H and O–H groups in total. The molecule has 0 atom stereocenters. The quantitative estimate of drug-likeness (QED) is 0.747. The van der Waals surface area contributed by atoms with Gasteiger partial charge in [-0.05, 0) is 35.4 Å². The molecule has 2 rings (SSSR count). The molecule has 0 fully saturated rings. The third-order valence-corrected chi connectivity index (χ3v) is 2.82. The topological polar surface area (TPSA) is 3.24 Å². The largest absolute Gasteiger partial charge is 0.378 e. The second-order valence-electron chi connectivity index (χ2n) is 4.49. The minimum atomic E-state index is -0.829. The number of rotatable bonds is 3. The van der Waals surface area contributed by atoms with Gasteiger partial charge in [0.25, 0.3) is 0 Å². The zero-order valence-corrected chi connectivity index (χ0v) is 10.9. The summed E-state index contributed by atoms with van der Waals surface area (Å²) in [4.78, 5) is 2.02. The Morgan fingerprint density at radius 1 is 0.789 bits per heavy atom. The van der Waals surface area contributed by atoms with Crippen molar-refractivity contribution in [2.45, 2.75) is 0 Å². The van der Waals surface area contributed by atoms with Crippen molar-refractivity contribution >= 4 is 17.8 Å². The van der Waals surface area contributed by atoms with E-state index in [1.807, 2.05) is 49.3 Å². The van der Waals surface area contributed by atoms with Crippen LogP contribution in [-0.2, 0) is 0 Å². The van der Waals surface area contributed by atoms with Gasteiger partial charge in [-0.25, -0.2) is 8.78 Å². The first-order valence-corrected chi connectivity index (χ1v) is 5.97. The summed E-state index contributed by atoms with van der Waals surface area (Å²) in [6, 6.07) is 11.8. The van der Waals surface area contributed by atoms with Crippen molar-refractivity contribution in [3.63, 3.8) is 0 Å². The summed E-state index contributed by atoms with van der Waals surface area (Å²) in [7, 11) is 3.96. The molecule has 0 saturated carbocycles. The molecule has 0 bridgehead atoms. The molecule has 3 heteroatoms. The normalized spacial score (nSPS) is 10.9. The third kappa shape index (κ3) is 3.41. The van der Waals surface area contributed by atoms with E-state index in [4.69, 9.17) is 0 Å². The molecule has 0 aliphatic rings. The number of nitrogens with zero attached hydrogens (tertiary/aromatic N) is 1. The molecule has 0 heterocycles. The van der Waals surface area contributed by atoms with Crippen LogP contribution in [0, 0.1) is 11.6 Å². The van der Waals surface area contributed by atoms with E-state index in [1.165, 1.54) is 6.07 Å². The summed E-state index contributed by atoms with van der Waals surface area (Å²) in [5.41, 5.74) is 2.76. The van der Waals surface area contributed by atoms with E-state index in [2.05, 4.69) is 0 Å². The Hall–Kier alpha value is -2.16. The highest BCUT2D eigenvalue weighted by atomic mass is 19.2. The summed E-state index contributed by atoms with van der Waals surface area (Å²) >= 11 is 0. The standard InChI is InChI=1S/C16H15F2N/c1-19(2)14-8-5-12(6-9-14)3-4-13-7-10-15(17)16(18)11-13/h3-11H,1-2H3. The highest BCUT2D eigenvalue weighted by Gasteiger charge is 2.00. The first kappa shape index (κ1) is 13.3. The van der Waals surface area contributed by atoms with Crippen molar-refractivity contribution in [1.82, 2.24) is 0 Å². The molecular weight excluding hydrogens is 244 g/mol. The maximum absolute atomic E-state index is 13.0. The molecule has 0 aliphatic carbocycles. The average Bonchev–Trinajstić information content (AvgIpc) is 2.40. The van der Waals surface area contributed by atoms with Crippen LogP contribution in [0.2, 0.25) is 0 Å². The van der Waals surface area contributed by atoms with Gasteiger partial charge in [-0.2, -0.15) is 0 Å². The van der Waals surface area contributed by atoms with Gasteiger partial charge < -0.3 is 4.90 Å². The van der Waals surface area contributed by atoms with Gasteiger partial charge in [-0.3, -0.25) is 0 Å². The van der Waals surface area contributed by atoms with Crippen molar-refractivity contribution < 1.29 is 8.78 Å². The molecule has 2 aromatic carbocycles. The number of hydrogen-bond acceptors (Lipinski definition) is 1. The Kier molecular flexibility index (Phi) is 3.95. The molecule has 2 aromatic rings. The molecule has 0 amide bonds. The van der Waals surface area contributed by atoms with Crippen LogP contribution >= 0.6 is 0 Å². The fourth-order valence-corrected chi connectivity index (χ4v) is 1.69. The van der Waals surface area contributed by atoms with Crippen molar-refractivity contribution in [2.75, 3.05) is 19.0 Å². The van der Waals surface area contributed by atoms with Crippen LogP contribution < -0.4 is 4.90 Å². The van der Waals surface area contributed by atoms with Gasteiger partial charge in [0.2, 0.25) is 0 Å². The molecular formula is C16H15F2N. The first-order chi connectivity index (χ1) is 9.06. The number of hydrogen-bond donors (Lipinski definition) is 0. The summed E-state index contributed by atoms with van der Waals surface area (Å²) in [5.74, 6) is -1.66. The van der Waals surface area contributed by atoms with Gasteiger partial charge in [0.05, 0.1) is 0 Å². The van der Waals surface area contributed by atoms with Crippen LogP contribution in [0.1, 0.15) is 11.1 Å². The van der Waals surface area contributed by atoms with Crippen LogP contribution in [0.15, 0.2) is 42.5 Å². The van der Waals surface area contributed by atoms with Crippen LogP contribution in [0.4, 0.5) is 14.5 Å². The van der Waals surface area contributed by atoms with Gasteiger partial charge in [0, 0.05) is 19.8 Å². The van der Waals surface area contributed by atoms with Gasteiger partial charge in [-0.1, -0.05) is 30.4 Å². The predicted octanol–water partition coefficient (Wildman–Crippen LogP) is 4.20. The molecule has 0 aromatic heterocycles. The lowest BCUT2D eigenvalue weighted by Crippen LogP contribution is -2.07. The summed E-state index contributed by atoms with van der Waals surface area (Å²) in [6.45, 7) is 0. The predicted molar refractivity (Wildman–Crippen MR) is 76.1 cm³/mol. The van der Waals surface area contributed by atoms with E-state index >= 15 is 0 Å². The fourth-order valence-electron chi connectivity index (χ4n) is 1.69. The Labute approximate surface area is 111 Å². The number of anilines is 1. The first-order valence-electron chi connectivity index (χ1n) is 5.97. The van der Waals surface area contributed by atoms with E-state index in [0.717, 1.165) is 17.3 Å². The summed E-state index contributed by atoms with van der Waals surface area (Å²) < 4.78 is 25.8. The van der Waals surface area contributed by atoms with Gasteiger partial charge in [-0.15, -0.1) is 0 Å². The smallest absolute Gasteiger partial charge is 0.159 e. The molecule has 19 heavy (non-hydrogen) atoms. The lowest BCUT2D eigenvalue weighted by molar-refractivity contribution is 0.508. The second kappa shape index (κ2) is 5.65. The molecule has 0 spiro atoms. The molecule has 0 aliphatic heterocycles. The van der Waals surface area contributed by atoms with E-state index in [9.17, 15) is 8.78 Å². The molecule has 98 valence electrons. The van der Waals surface area contributed by atoms with Crippen LogP contribution in [-0.4, -0.2) is 14.1 Å². The SMILES string of the molecule is CN(C)c1ccc(C=Cc2ccc(F)c(F)c2)cc1. The Morgan fingerprint density at radius 3 is 1.95 bits per heavy atom. The highest BCUT2D eigenvalue weighted by molar-refractivity contribution is 5.70. The monoisotopic (exact) mass is 259 g/mol. The molecule has 0 radical (unpaired) electrons. The number of benzene rings is 2. The third-order valence-electron chi connectivity index (χ3n) is 2.82. The van der Waals surface area contributed by atoms with Crippen LogP contribution in [0.5, 0.6) is 0 Å². The second-order valence-corrected chi connectivity index (χ2v) is 4.49. The van der Waals surface area contributed by atoms with Crippen LogP contribution in [0.25, 0.3) is 12.2 Å². The van der Waals surface area contributed by atoms with Crippen molar-refractivity contribution in [1.29, 1.82) is 0 Å². The molecule has 0 unspecified atom stereocenters. The summed E-state index contributed by atoms with van der Waals surface area (Å²) in [6.07, 6.45) is 3.62. The van der Waals surface area contributed by atoms with E-state index in [-0.39, 0.29) is 0 Å². The average molecular weight is 259 g/mol. The zero-order chi connectivity index (χ0) is 13.8. The van der Waals surface area contributed by atoms with E-state index in [0.29, 0.717) is 5.56 Å². The van der Waals surface area contributed by atoms with Crippen molar-refractivity contribution in [3.05, 3.63) is 65.2 Å². The van der Waals surface area contributed by atoms with Crippen molar-refractivity contribution in [2.24, 2.45) is 0 Å². The van der Waals surface area contributed by atoms with Gasteiger partial charge >= 0.3 is 0 Å². The Morgan fingerprint density at radius 2 is 1.37 bits per heavy atom. The Bertz CT molecular complexity index is 586. The zero-order valence-electron chi connectivity index (χ0n) is 10.9. The minimum absolute atomic E-state index is 0.635. The number of halogens is 2. The highest BCUT2D eigenvalue weighted by Crippen LogP contribution is 2.15. The molecule has 1 nitrogen and oxygen atoms in total. The maximum Gasteiger partial charge on any atom is 0.159 e. The lowest BCUT2D eigenvalue weighted by Gasteiger charge is -2.11. The van der Waals surface area contributed by atoms with Crippen LogP contribution in [0.3, 0.4) is 0 Å². The molecule has 0 saturated heterocycles. The Balaban J connectivity index is 2.15. The van der Waals surface area contributed by atoms with Gasteiger partial charge in [0.15, 0.2) is 11.6 Å². The summed E-state index contributed by atoms with van der Waals surface area (Å²) in [5, 5.41) is 0. The van der Waals surface area contributed by atoms with E-state index < -0.39 is 11.6 Å². The van der Waals surface area contributed by atoms with Crippen molar-refractivity contribution in [3.8, 4) is 0 Å². The van der Waals surface area contributed by atoms with E-state index in [1.54, 1.807) is 12.1 Å². The lowest BCUT2D eigenvalue weighted by atomic mass is 10.1. The van der Waals surface area contributed by atoms with Gasteiger partial charge in [0.1, 0.15) is 0 Å². The maximum atomic E-state index is 13.0. The fraction of sp³-hybridized carbons (Fsp3) is 0.125. The minimum Gasteiger partial charge on any atom is -0.378 e.